The van der Waals surface area contributed by atoms with Crippen LogP contribution in [-0.4, -0.2) is 0 Å². The molecule has 0 radical (unpaired) electrons. The van der Waals surface area contributed by atoms with Gasteiger partial charge in [-0.3, -0.25) is 0 Å². The molecule has 1 rings (SSSR count). The molecule has 0 N–H and O–H groups in total. The lowest BCUT2D eigenvalue weighted by Crippen LogP contribution is -1.76. The third kappa shape index (κ3) is 1.70. The minimum Gasteiger partial charge on any atom is -0.192 e. The van der Waals surface area contributed by atoms with Gasteiger partial charge in [0.15, 0.2) is 0 Å². The van der Waals surface area contributed by atoms with E-state index >= 15 is 0 Å². The maximum Gasteiger partial charge on any atom is 0.0992 e. The Kier molecular flexibility index (Phi) is 2.69. The molecule has 0 saturated heterocycles. The van der Waals surface area contributed by atoms with E-state index in [0.29, 0.717) is 5.56 Å². The first-order valence-corrected chi connectivity index (χ1v) is 4.46. The van der Waals surface area contributed by atoms with Gasteiger partial charge in [-0.25, -0.2) is 0 Å². The number of nitrogens with zero attached hydrogens (tertiary/aromatic N) is 1. The van der Waals surface area contributed by atoms with Crippen LogP contribution in [0.25, 0.3) is 0 Å². The number of hydrogen-bond acceptors (Lipinski definition) is 1. The predicted octanol–water partition coefficient (Wildman–Crippen LogP) is 2.93. The molecule has 10 heavy (non-hydrogen) atoms. The third-order valence-corrected chi connectivity index (χ3v) is 3.39. The topological polar surface area (TPSA) is 23.8 Å². The van der Waals surface area contributed by atoms with Crippen molar-refractivity contribution in [1.82, 2.24) is 0 Å². The molecule has 0 atom stereocenters. The largest absolute Gasteiger partial charge is 0.192 e. The minimum absolute atomic E-state index is 0.687. The van der Waals surface area contributed by atoms with E-state index < -0.39 is 0 Å². The van der Waals surface area contributed by atoms with Crippen molar-refractivity contribution in [2.24, 2.45) is 0 Å². The van der Waals surface area contributed by atoms with Crippen LogP contribution in [-0.2, 0) is 0 Å². The van der Waals surface area contributed by atoms with E-state index in [9.17, 15) is 0 Å². The Balaban J connectivity index is 3.20. The van der Waals surface area contributed by atoms with Crippen molar-refractivity contribution in [1.29, 1.82) is 5.26 Å². The van der Waals surface area contributed by atoms with E-state index in [4.69, 9.17) is 5.26 Å². The summed E-state index contributed by atoms with van der Waals surface area (Å²) in [6, 6.07) is 7.57. The predicted molar refractivity (Wildman–Crippen MR) is 51.6 cm³/mol. The number of rotatable bonds is 0. The van der Waals surface area contributed by atoms with Gasteiger partial charge in [-0.1, -0.05) is 0 Å². The molecule has 0 spiro atoms. The van der Waals surface area contributed by atoms with E-state index in [1.165, 1.54) is 0 Å². The Bertz CT molecular complexity index is 290. The lowest BCUT2D eigenvalue weighted by Gasteiger charge is -1.93. The molecule has 0 heterocycles. The average Bonchev–Trinajstić information content (AvgIpc) is 1.95. The lowest BCUT2D eigenvalue weighted by atomic mass is 10.2. The molecule has 3 heteroatoms. The Morgan fingerprint density at radius 2 is 2.20 bits per heavy atom. The molecule has 0 fully saturated rings. The van der Waals surface area contributed by atoms with Crippen LogP contribution in [0.2, 0.25) is 0 Å². The normalized spacial score (nSPS) is 8.90. The summed E-state index contributed by atoms with van der Waals surface area (Å²) in [4.78, 5) is 0. The van der Waals surface area contributed by atoms with Crippen molar-refractivity contribution >= 4 is 38.5 Å². The molecule has 0 aliphatic rings. The number of benzene rings is 1. The SMILES string of the molecule is N#Cc1ccc(I)c(Br)c1. The van der Waals surface area contributed by atoms with Crippen molar-refractivity contribution in [3.05, 3.63) is 31.8 Å². The lowest BCUT2D eigenvalue weighted by molar-refractivity contribution is 1.46. The Morgan fingerprint density at radius 1 is 1.50 bits per heavy atom. The second-order valence-corrected chi connectivity index (χ2v) is 3.76. The first-order valence-electron chi connectivity index (χ1n) is 2.59. The fraction of sp³-hybridized carbons (Fsp3) is 0. The standard InChI is InChI=1S/C7H3BrIN/c8-6-3-5(4-10)1-2-7(6)9/h1-3H. The molecule has 0 aliphatic carbocycles. The van der Waals surface area contributed by atoms with Crippen LogP contribution in [0.4, 0.5) is 0 Å². The minimum atomic E-state index is 0.687. The first kappa shape index (κ1) is 8.02. The van der Waals surface area contributed by atoms with E-state index in [-0.39, 0.29) is 0 Å². The first-order chi connectivity index (χ1) is 4.74. The van der Waals surface area contributed by atoms with Gasteiger partial charge in [-0.05, 0) is 56.7 Å². The smallest absolute Gasteiger partial charge is 0.0992 e. The van der Waals surface area contributed by atoms with Gasteiger partial charge in [0.05, 0.1) is 11.6 Å². The van der Waals surface area contributed by atoms with Crippen molar-refractivity contribution in [2.45, 2.75) is 0 Å². The van der Waals surface area contributed by atoms with E-state index in [2.05, 4.69) is 44.6 Å². The summed E-state index contributed by atoms with van der Waals surface area (Å²) in [6.07, 6.45) is 0. The summed E-state index contributed by atoms with van der Waals surface area (Å²) in [5, 5.41) is 8.48. The van der Waals surface area contributed by atoms with Crippen LogP contribution in [0.15, 0.2) is 22.7 Å². The van der Waals surface area contributed by atoms with Gasteiger partial charge in [0, 0.05) is 8.04 Å². The Labute approximate surface area is 81.3 Å². The van der Waals surface area contributed by atoms with Gasteiger partial charge in [-0.2, -0.15) is 5.26 Å². The molecule has 0 amide bonds. The fourth-order valence-electron chi connectivity index (χ4n) is 0.566. The number of nitriles is 1. The molecule has 1 aromatic carbocycles. The zero-order valence-electron chi connectivity index (χ0n) is 4.94. The van der Waals surface area contributed by atoms with Crippen LogP contribution in [0, 0.1) is 14.9 Å². The summed E-state index contributed by atoms with van der Waals surface area (Å²) in [6.45, 7) is 0. The summed E-state index contributed by atoms with van der Waals surface area (Å²) in [5.41, 5.74) is 0.687. The molecule has 0 aromatic heterocycles. The molecule has 0 bridgehead atoms. The van der Waals surface area contributed by atoms with Crippen LogP contribution in [0.5, 0.6) is 0 Å². The van der Waals surface area contributed by atoms with E-state index in [1.807, 2.05) is 12.1 Å². The highest BCUT2D eigenvalue weighted by atomic mass is 127. The molecular weight excluding hydrogens is 305 g/mol. The second kappa shape index (κ2) is 3.35. The van der Waals surface area contributed by atoms with E-state index in [0.717, 1.165) is 8.04 Å². The van der Waals surface area contributed by atoms with E-state index in [1.54, 1.807) is 6.07 Å². The van der Waals surface area contributed by atoms with Gasteiger partial charge < -0.3 is 0 Å². The van der Waals surface area contributed by atoms with Crippen LogP contribution in [0.1, 0.15) is 5.56 Å². The molecule has 0 unspecified atom stereocenters. The van der Waals surface area contributed by atoms with Crippen LogP contribution >= 0.6 is 38.5 Å². The van der Waals surface area contributed by atoms with Gasteiger partial charge >= 0.3 is 0 Å². The highest BCUT2D eigenvalue weighted by Crippen LogP contribution is 2.19. The maximum atomic E-state index is 8.48. The summed E-state index contributed by atoms with van der Waals surface area (Å²) < 4.78 is 2.10. The molecular formula is C7H3BrIN. The Morgan fingerprint density at radius 3 is 2.70 bits per heavy atom. The number of halogens is 2. The third-order valence-electron chi connectivity index (χ3n) is 1.05. The second-order valence-electron chi connectivity index (χ2n) is 1.74. The average molecular weight is 308 g/mol. The zero-order valence-corrected chi connectivity index (χ0v) is 8.68. The molecule has 50 valence electrons. The highest BCUT2D eigenvalue weighted by molar-refractivity contribution is 14.1. The summed E-state index contributed by atoms with van der Waals surface area (Å²) in [5.74, 6) is 0. The Hall–Kier alpha value is -0.0800. The van der Waals surface area contributed by atoms with Crippen molar-refractivity contribution < 1.29 is 0 Å². The molecule has 0 aliphatic heterocycles. The molecule has 1 nitrogen and oxygen atoms in total. The maximum absolute atomic E-state index is 8.48. The quantitative estimate of drug-likeness (QED) is 0.676. The van der Waals surface area contributed by atoms with Crippen molar-refractivity contribution in [3.8, 4) is 6.07 Å². The van der Waals surface area contributed by atoms with Gasteiger partial charge in [-0.15, -0.1) is 0 Å². The highest BCUT2D eigenvalue weighted by Gasteiger charge is 1.95. The van der Waals surface area contributed by atoms with Gasteiger partial charge in [0.2, 0.25) is 0 Å². The van der Waals surface area contributed by atoms with Gasteiger partial charge in [0.25, 0.3) is 0 Å². The summed E-state index contributed by atoms with van der Waals surface area (Å²) >= 11 is 5.53. The fourth-order valence-corrected chi connectivity index (χ4v) is 1.28. The number of hydrogen-bond donors (Lipinski definition) is 0. The van der Waals surface area contributed by atoms with Crippen molar-refractivity contribution in [3.63, 3.8) is 0 Å². The van der Waals surface area contributed by atoms with Crippen LogP contribution in [0.3, 0.4) is 0 Å². The molecule has 0 saturated carbocycles. The van der Waals surface area contributed by atoms with Crippen molar-refractivity contribution in [2.75, 3.05) is 0 Å². The summed E-state index contributed by atoms with van der Waals surface area (Å²) in [7, 11) is 0. The zero-order chi connectivity index (χ0) is 7.56. The van der Waals surface area contributed by atoms with Crippen LogP contribution < -0.4 is 0 Å². The monoisotopic (exact) mass is 307 g/mol. The van der Waals surface area contributed by atoms with Gasteiger partial charge in [0.1, 0.15) is 0 Å². The molecule has 1 aromatic rings.